The van der Waals surface area contributed by atoms with Gasteiger partial charge >= 0.3 is 5.97 Å². The van der Waals surface area contributed by atoms with Crippen LogP contribution in [0.1, 0.15) is 13.8 Å². The molecule has 1 unspecified atom stereocenters. The van der Waals surface area contributed by atoms with Crippen molar-refractivity contribution >= 4 is 17.8 Å². The van der Waals surface area contributed by atoms with Crippen molar-refractivity contribution in [3.8, 4) is 0 Å². The Hall–Kier alpha value is -2.00. The highest BCUT2D eigenvalue weighted by Crippen LogP contribution is 2.05. The molecule has 0 aliphatic rings. The van der Waals surface area contributed by atoms with E-state index in [1.165, 1.54) is 19.9 Å². The first-order valence-corrected chi connectivity index (χ1v) is 4.50. The molecule has 0 aromatic carbocycles. The number of hydrogen-bond acceptors (Lipinski definition) is 5. The van der Waals surface area contributed by atoms with Gasteiger partial charge in [0.15, 0.2) is 6.10 Å². The lowest BCUT2D eigenvalue weighted by atomic mass is 10.1. The zero-order chi connectivity index (χ0) is 12.7. The van der Waals surface area contributed by atoms with Crippen molar-refractivity contribution in [2.24, 2.45) is 4.99 Å². The number of esters is 1. The molecule has 0 bridgehead atoms. The van der Waals surface area contributed by atoms with Crippen LogP contribution < -0.4 is 0 Å². The molecule has 0 radical (unpaired) electrons. The Labute approximate surface area is 93.5 Å². The largest absolute Gasteiger partial charge is 0.449 e. The smallest absolute Gasteiger partial charge is 0.333 e. The molecular weight excluding hydrogens is 210 g/mol. The maximum atomic E-state index is 11.5. The van der Waals surface area contributed by atoms with Crippen molar-refractivity contribution in [1.29, 1.82) is 0 Å². The summed E-state index contributed by atoms with van der Waals surface area (Å²) in [6, 6.07) is 0. The number of carbonyl (C=O) groups excluding carboxylic acids is 3. The van der Waals surface area contributed by atoms with Gasteiger partial charge < -0.3 is 4.74 Å². The average Bonchev–Trinajstić information content (AvgIpc) is 2.22. The van der Waals surface area contributed by atoms with E-state index in [4.69, 9.17) is 4.74 Å². The molecule has 0 aliphatic heterocycles. The Morgan fingerprint density at radius 3 is 2.25 bits per heavy atom. The molecule has 0 aliphatic carbocycles. The van der Waals surface area contributed by atoms with Gasteiger partial charge in [0, 0.05) is 5.57 Å². The second kappa shape index (κ2) is 6.48. The van der Waals surface area contributed by atoms with E-state index >= 15 is 0 Å². The minimum atomic E-state index is -1.14. The Morgan fingerprint density at radius 1 is 1.31 bits per heavy atom. The zero-order valence-corrected chi connectivity index (χ0v) is 9.28. The number of rotatable bonds is 6. The lowest BCUT2D eigenvalue weighted by molar-refractivity contribution is -0.149. The summed E-state index contributed by atoms with van der Waals surface area (Å²) in [6.45, 7) is 9.49. The first kappa shape index (κ1) is 14.0. The molecule has 0 aromatic heterocycles. The van der Waals surface area contributed by atoms with Gasteiger partial charge in [0.25, 0.3) is 0 Å². The van der Waals surface area contributed by atoms with Crippen LogP contribution in [0.4, 0.5) is 0 Å². The number of ketones is 1. The number of ether oxygens (including phenoxy) is 1. The fourth-order valence-corrected chi connectivity index (χ4v) is 0.798. The molecule has 0 saturated carbocycles. The number of carbonyl (C=O) groups is 2. The molecular formula is C11H13NO4. The van der Waals surface area contributed by atoms with Crippen molar-refractivity contribution in [1.82, 2.24) is 0 Å². The van der Waals surface area contributed by atoms with E-state index in [0.29, 0.717) is 0 Å². The van der Waals surface area contributed by atoms with Crippen molar-refractivity contribution in [2.45, 2.75) is 20.0 Å². The first-order valence-electron chi connectivity index (χ1n) is 4.50. The number of Topliss-reactive ketones (excluding diaryl/α,β-unsaturated/α-hetero) is 1. The van der Waals surface area contributed by atoms with Crippen LogP contribution in [0.5, 0.6) is 0 Å². The summed E-state index contributed by atoms with van der Waals surface area (Å²) in [4.78, 5) is 35.9. The zero-order valence-electron chi connectivity index (χ0n) is 9.28. The number of hydrogen-bond donors (Lipinski definition) is 0. The molecule has 0 aromatic rings. The van der Waals surface area contributed by atoms with Crippen LogP contribution in [-0.2, 0) is 19.1 Å². The fraction of sp³-hybridized carbons (Fsp3) is 0.364. The highest BCUT2D eigenvalue weighted by atomic mass is 16.5. The van der Waals surface area contributed by atoms with Crippen molar-refractivity contribution in [2.75, 3.05) is 6.54 Å². The molecule has 1 atom stereocenters. The predicted octanol–water partition coefficient (Wildman–Crippen LogP) is 0.955. The van der Waals surface area contributed by atoms with E-state index < -0.39 is 17.9 Å². The molecule has 5 nitrogen and oxygen atoms in total. The Morgan fingerprint density at radius 2 is 1.88 bits per heavy atom. The third kappa shape index (κ3) is 4.48. The standard InChI is InChI=1S/C11H13NO4/c1-7(2)10(14)9(5-12-6-13)16-11(15)8(3)4/h9H,1,3,5H2,2,4H3. The van der Waals surface area contributed by atoms with Gasteiger partial charge in [-0.15, -0.1) is 0 Å². The summed E-state index contributed by atoms with van der Waals surface area (Å²) < 4.78 is 4.82. The predicted molar refractivity (Wildman–Crippen MR) is 57.5 cm³/mol. The lowest BCUT2D eigenvalue weighted by Crippen LogP contribution is -2.30. The van der Waals surface area contributed by atoms with Crippen molar-refractivity contribution in [3.05, 3.63) is 24.3 Å². The quantitative estimate of drug-likeness (QED) is 0.291. The molecule has 0 N–H and O–H groups in total. The van der Waals surface area contributed by atoms with E-state index in [-0.39, 0.29) is 17.7 Å². The molecule has 86 valence electrons. The Balaban J connectivity index is 4.73. The maximum Gasteiger partial charge on any atom is 0.333 e. The Bertz CT molecular complexity index is 377. The van der Waals surface area contributed by atoms with Crippen LogP contribution in [0.25, 0.3) is 0 Å². The third-order valence-corrected chi connectivity index (χ3v) is 1.63. The second-order valence-corrected chi connectivity index (χ2v) is 3.25. The first-order chi connectivity index (χ1) is 7.40. The van der Waals surface area contributed by atoms with Crippen molar-refractivity contribution in [3.63, 3.8) is 0 Å². The molecule has 0 heterocycles. The van der Waals surface area contributed by atoms with Gasteiger partial charge in [-0.2, -0.15) is 0 Å². The summed E-state index contributed by atoms with van der Waals surface area (Å²) in [7, 11) is 0. The Kier molecular flexibility index (Phi) is 5.67. The van der Waals surface area contributed by atoms with Gasteiger partial charge in [0.1, 0.15) is 0 Å². The SMILES string of the molecule is C=C(C)C(=O)OC(CN=C=O)C(=O)C(=C)C. The summed E-state index contributed by atoms with van der Waals surface area (Å²) in [6.07, 6.45) is 0.138. The van der Waals surface area contributed by atoms with Crippen LogP contribution in [0.15, 0.2) is 29.3 Å². The van der Waals surface area contributed by atoms with Crippen LogP contribution >= 0.6 is 0 Å². The second-order valence-electron chi connectivity index (χ2n) is 3.25. The molecule has 0 spiro atoms. The van der Waals surface area contributed by atoms with Gasteiger partial charge in [-0.3, -0.25) is 4.79 Å². The molecule has 0 rings (SSSR count). The molecule has 5 heteroatoms. The highest BCUT2D eigenvalue weighted by Gasteiger charge is 2.23. The van der Waals surface area contributed by atoms with Gasteiger partial charge in [-0.05, 0) is 19.4 Å². The minimum Gasteiger partial charge on any atom is -0.449 e. The maximum absolute atomic E-state index is 11.5. The highest BCUT2D eigenvalue weighted by molar-refractivity contribution is 6.00. The van der Waals surface area contributed by atoms with Crippen LogP contribution in [0.2, 0.25) is 0 Å². The summed E-state index contributed by atoms with van der Waals surface area (Å²) >= 11 is 0. The fourth-order valence-electron chi connectivity index (χ4n) is 0.798. The third-order valence-electron chi connectivity index (χ3n) is 1.63. The number of aliphatic imine (C=N–C) groups is 1. The molecule has 0 saturated heterocycles. The van der Waals surface area contributed by atoms with E-state index in [1.807, 2.05) is 0 Å². The van der Waals surface area contributed by atoms with Gasteiger partial charge in [0.2, 0.25) is 11.9 Å². The average molecular weight is 223 g/mol. The molecule has 0 amide bonds. The topological polar surface area (TPSA) is 72.8 Å². The lowest BCUT2D eigenvalue weighted by Gasteiger charge is -2.14. The van der Waals surface area contributed by atoms with Crippen LogP contribution in [-0.4, -0.2) is 30.5 Å². The number of nitrogens with zero attached hydrogens (tertiary/aromatic N) is 1. The number of isocyanates is 1. The van der Waals surface area contributed by atoms with Crippen molar-refractivity contribution < 1.29 is 19.1 Å². The van der Waals surface area contributed by atoms with Gasteiger partial charge in [-0.25, -0.2) is 14.6 Å². The van der Waals surface area contributed by atoms with E-state index in [9.17, 15) is 14.4 Å². The van der Waals surface area contributed by atoms with Gasteiger partial charge in [-0.1, -0.05) is 13.2 Å². The van der Waals surface area contributed by atoms with Crippen LogP contribution in [0.3, 0.4) is 0 Å². The minimum absolute atomic E-state index is 0.162. The summed E-state index contributed by atoms with van der Waals surface area (Å²) in [5, 5.41) is 0. The molecule has 0 fully saturated rings. The summed E-state index contributed by atoms with van der Waals surface area (Å²) in [5.74, 6) is -1.19. The summed E-state index contributed by atoms with van der Waals surface area (Å²) in [5.41, 5.74) is 0.384. The monoisotopic (exact) mass is 223 g/mol. The van der Waals surface area contributed by atoms with E-state index in [1.54, 1.807) is 0 Å². The molecule has 16 heavy (non-hydrogen) atoms. The van der Waals surface area contributed by atoms with Gasteiger partial charge in [0.05, 0.1) is 6.54 Å². The van der Waals surface area contributed by atoms with E-state index in [2.05, 4.69) is 18.2 Å². The van der Waals surface area contributed by atoms with E-state index in [0.717, 1.165) is 0 Å². The normalized spacial score (nSPS) is 10.9. The van der Waals surface area contributed by atoms with Crippen LogP contribution in [0, 0.1) is 0 Å².